The molecule has 1 heterocycles. The lowest BCUT2D eigenvalue weighted by Gasteiger charge is -2.26. The SMILES string of the molecule is CCc1ccc(C2/C(=C(/O)c3cccc(OCC(C)C)c3)C(=O)C(=O)N2CCOC(C)C)cc1. The summed E-state index contributed by atoms with van der Waals surface area (Å²) >= 11 is 0. The van der Waals surface area contributed by atoms with Gasteiger partial charge in [0.25, 0.3) is 11.7 Å². The third-order valence-electron chi connectivity index (χ3n) is 5.72. The van der Waals surface area contributed by atoms with Gasteiger partial charge in [0.1, 0.15) is 11.5 Å². The molecule has 3 rings (SSSR count). The number of likely N-dealkylation sites (tertiary alicyclic amines) is 1. The number of amides is 1. The van der Waals surface area contributed by atoms with E-state index >= 15 is 0 Å². The molecule has 0 bridgehead atoms. The predicted octanol–water partition coefficient (Wildman–Crippen LogP) is 5.13. The third-order valence-corrected chi connectivity index (χ3v) is 5.72. The molecule has 1 aliphatic heterocycles. The molecule has 1 N–H and O–H groups in total. The number of nitrogens with zero attached hydrogens (tertiary/aromatic N) is 1. The maximum Gasteiger partial charge on any atom is 0.295 e. The molecule has 0 spiro atoms. The fourth-order valence-electron chi connectivity index (χ4n) is 3.93. The van der Waals surface area contributed by atoms with E-state index in [9.17, 15) is 14.7 Å². The van der Waals surface area contributed by atoms with Crippen molar-refractivity contribution < 1.29 is 24.2 Å². The largest absolute Gasteiger partial charge is 0.507 e. The summed E-state index contributed by atoms with van der Waals surface area (Å²) in [5.41, 5.74) is 2.45. The second-order valence-electron chi connectivity index (χ2n) is 9.24. The first-order chi connectivity index (χ1) is 16.2. The first-order valence-electron chi connectivity index (χ1n) is 11.9. The standard InChI is InChI=1S/C28H35NO5/c1-6-20-10-12-21(13-11-20)25-24(27(31)28(32)29(25)14-15-33-19(4)5)26(30)22-8-7-9-23(16-22)34-17-18(2)3/h7-13,16,18-19,25,30H,6,14-15,17H2,1-5H3/b26-24-. The number of hydrogen-bond acceptors (Lipinski definition) is 5. The molecule has 1 atom stereocenters. The number of aryl methyl sites for hydroxylation is 1. The van der Waals surface area contributed by atoms with E-state index in [-0.39, 0.29) is 24.0 Å². The molecule has 6 heteroatoms. The highest BCUT2D eigenvalue weighted by Gasteiger charge is 2.45. The summed E-state index contributed by atoms with van der Waals surface area (Å²) in [6.45, 7) is 11.1. The summed E-state index contributed by atoms with van der Waals surface area (Å²) in [4.78, 5) is 27.7. The molecule has 1 fully saturated rings. The molecule has 2 aromatic carbocycles. The number of ether oxygens (including phenoxy) is 2. The average Bonchev–Trinajstić information content (AvgIpc) is 3.07. The number of carbonyl (C=O) groups is 2. The van der Waals surface area contributed by atoms with Crippen LogP contribution in [0.3, 0.4) is 0 Å². The van der Waals surface area contributed by atoms with Gasteiger partial charge in [0.2, 0.25) is 0 Å². The van der Waals surface area contributed by atoms with Crippen LogP contribution in [-0.2, 0) is 20.7 Å². The molecule has 1 saturated heterocycles. The second kappa shape index (κ2) is 11.3. The Morgan fingerprint density at radius 1 is 1.06 bits per heavy atom. The summed E-state index contributed by atoms with van der Waals surface area (Å²) < 4.78 is 11.4. The normalized spacial score (nSPS) is 17.7. The second-order valence-corrected chi connectivity index (χ2v) is 9.24. The first-order valence-corrected chi connectivity index (χ1v) is 11.9. The van der Waals surface area contributed by atoms with E-state index in [1.165, 1.54) is 4.90 Å². The number of benzene rings is 2. The van der Waals surface area contributed by atoms with Crippen LogP contribution in [0.5, 0.6) is 5.75 Å². The molecule has 6 nitrogen and oxygen atoms in total. The van der Waals surface area contributed by atoms with Crippen LogP contribution in [0.1, 0.15) is 57.4 Å². The molecule has 0 aromatic heterocycles. The lowest BCUT2D eigenvalue weighted by molar-refractivity contribution is -0.140. The monoisotopic (exact) mass is 465 g/mol. The summed E-state index contributed by atoms with van der Waals surface area (Å²) in [5.74, 6) is -0.584. The third kappa shape index (κ3) is 5.86. The molecule has 1 aliphatic rings. The average molecular weight is 466 g/mol. The van der Waals surface area contributed by atoms with Crippen LogP contribution in [0.25, 0.3) is 5.76 Å². The van der Waals surface area contributed by atoms with E-state index in [0.29, 0.717) is 30.4 Å². The van der Waals surface area contributed by atoms with Crippen molar-refractivity contribution in [1.29, 1.82) is 0 Å². The number of carbonyl (C=O) groups excluding carboxylic acids is 2. The van der Waals surface area contributed by atoms with Gasteiger partial charge in [-0.15, -0.1) is 0 Å². The molecule has 2 aromatic rings. The Labute approximate surface area is 202 Å². The Bertz CT molecular complexity index is 1040. The van der Waals surface area contributed by atoms with E-state index in [1.54, 1.807) is 18.2 Å². The van der Waals surface area contributed by atoms with Crippen molar-refractivity contribution in [2.45, 2.75) is 53.2 Å². The van der Waals surface area contributed by atoms with Crippen LogP contribution in [-0.4, -0.2) is 47.6 Å². The summed E-state index contributed by atoms with van der Waals surface area (Å²) in [7, 11) is 0. The smallest absolute Gasteiger partial charge is 0.295 e. The van der Waals surface area contributed by atoms with Crippen LogP contribution < -0.4 is 4.74 Å². The zero-order chi connectivity index (χ0) is 24.8. The Kier molecular flexibility index (Phi) is 8.51. The van der Waals surface area contributed by atoms with Crippen molar-refractivity contribution in [1.82, 2.24) is 4.90 Å². The Morgan fingerprint density at radius 2 is 1.76 bits per heavy atom. The zero-order valence-electron chi connectivity index (χ0n) is 20.7. The van der Waals surface area contributed by atoms with Crippen LogP contribution in [0.15, 0.2) is 54.1 Å². The molecular formula is C28H35NO5. The molecule has 182 valence electrons. The van der Waals surface area contributed by atoms with E-state index < -0.39 is 17.7 Å². The maximum atomic E-state index is 13.2. The molecule has 0 aliphatic carbocycles. The molecular weight excluding hydrogens is 430 g/mol. The van der Waals surface area contributed by atoms with Crippen molar-refractivity contribution in [3.05, 3.63) is 70.8 Å². The number of rotatable bonds is 10. The van der Waals surface area contributed by atoms with Crippen LogP contribution in [0.4, 0.5) is 0 Å². The van der Waals surface area contributed by atoms with Crippen molar-refractivity contribution in [2.75, 3.05) is 19.8 Å². The highest BCUT2D eigenvalue weighted by molar-refractivity contribution is 6.46. The summed E-state index contributed by atoms with van der Waals surface area (Å²) in [6, 6.07) is 14.1. The lowest BCUT2D eigenvalue weighted by Crippen LogP contribution is -2.33. The predicted molar refractivity (Wildman–Crippen MR) is 133 cm³/mol. The topological polar surface area (TPSA) is 76.1 Å². The van der Waals surface area contributed by atoms with Crippen LogP contribution in [0, 0.1) is 5.92 Å². The Hall–Kier alpha value is -3.12. The highest BCUT2D eigenvalue weighted by atomic mass is 16.5. The van der Waals surface area contributed by atoms with Gasteiger partial charge in [-0.05, 0) is 49.4 Å². The molecule has 1 unspecified atom stereocenters. The van der Waals surface area contributed by atoms with Gasteiger partial charge >= 0.3 is 0 Å². The van der Waals surface area contributed by atoms with E-state index in [0.717, 1.165) is 17.5 Å². The van der Waals surface area contributed by atoms with Crippen molar-refractivity contribution >= 4 is 17.4 Å². The fraction of sp³-hybridized carbons (Fsp3) is 0.429. The van der Waals surface area contributed by atoms with E-state index in [4.69, 9.17) is 9.47 Å². The number of aliphatic hydroxyl groups is 1. The number of Topliss-reactive ketones (excluding diaryl/α,β-unsaturated/α-hetero) is 1. The van der Waals surface area contributed by atoms with Gasteiger partial charge in [-0.2, -0.15) is 0 Å². The van der Waals surface area contributed by atoms with Gasteiger partial charge in [0.05, 0.1) is 30.9 Å². The number of aliphatic hydroxyl groups excluding tert-OH is 1. The minimum atomic E-state index is -0.694. The maximum absolute atomic E-state index is 13.2. The number of ketones is 1. The molecule has 0 saturated carbocycles. The van der Waals surface area contributed by atoms with Gasteiger partial charge in [-0.25, -0.2) is 0 Å². The highest BCUT2D eigenvalue weighted by Crippen LogP contribution is 2.39. The Balaban J connectivity index is 2.04. The zero-order valence-corrected chi connectivity index (χ0v) is 20.7. The fourth-order valence-corrected chi connectivity index (χ4v) is 3.93. The number of hydrogen-bond donors (Lipinski definition) is 1. The Morgan fingerprint density at radius 3 is 2.38 bits per heavy atom. The van der Waals surface area contributed by atoms with Gasteiger partial charge in [0.15, 0.2) is 0 Å². The quantitative estimate of drug-likeness (QED) is 0.299. The van der Waals surface area contributed by atoms with Gasteiger partial charge in [-0.3, -0.25) is 9.59 Å². The van der Waals surface area contributed by atoms with Crippen molar-refractivity contribution in [2.24, 2.45) is 5.92 Å². The summed E-state index contributed by atoms with van der Waals surface area (Å²) in [5, 5.41) is 11.3. The van der Waals surface area contributed by atoms with Crippen molar-refractivity contribution in [3.8, 4) is 5.75 Å². The van der Waals surface area contributed by atoms with Crippen molar-refractivity contribution in [3.63, 3.8) is 0 Å². The molecule has 0 radical (unpaired) electrons. The summed E-state index contributed by atoms with van der Waals surface area (Å²) in [6.07, 6.45) is 0.888. The molecule has 34 heavy (non-hydrogen) atoms. The lowest BCUT2D eigenvalue weighted by atomic mass is 9.94. The minimum absolute atomic E-state index is 0.00712. The van der Waals surface area contributed by atoms with E-state index in [2.05, 4.69) is 20.8 Å². The van der Waals surface area contributed by atoms with Gasteiger partial charge < -0.3 is 19.5 Å². The first kappa shape index (κ1) is 25.5. The molecule has 1 amide bonds. The van der Waals surface area contributed by atoms with E-state index in [1.807, 2.05) is 44.2 Å². The van der Waals surface area contributed by atoms with Crippen LogP contribution >= 0.6 is 0 Å². The van der Waals surface area contributed by atoms with Gasteiger partial charge in [-0.1, -0.05) is 57.2 Å². The van der Waals surface area contributed by atoms with Crippen LogP contribution in [0.2, 0.25) is 0 Å². The minimum Gasteiger partial charge on any atom is -0.507 e. The van der Waals surface area contributed by atoms with Gasteiger partial charge in [0, 0.05) is 12.1 Å².